The fourth-order valence-corrected chi connectivity index (χ4v) is 13.7. The Bertz CT molecular complexity index is 786. The van der Waals surface area contributed by atoms with Crippen molar-refractivity contribution in [3.8, 4) is 0 Å². The van der Waals surface area contributed by atoms with Crippen LogP contribution in [0.3, 0.4) is 0 Å². The van der Waals surface area contributed by atoms with Crippen LogP contribution < -0.4 is 0 Å². The van der Waals surface area contributed by atoms with Crippen molar-refractivity contribution in [2.75, 3.05) is 0 Å². The minimum atomic E-state index is 0.417. The first-order valence-corrected chi connectivity index (χ1v) is 15.9. The minimum absolute atomic E-state index is 0.417. The van der Waals surface area contributed by atoms with E-state index in [0.717, 1.165) is 76.9 Å². The second-order valence-electron chi connectivity index (χ2n) is 17.2. The molecule has 0 aromatic heterocycles. The molecule has 0 aliphatic heterocycles. The van der Waals surface area contributed by atoms with E-state index in [0.29, 0.717) is 21.7 Å². The molecule has 4 aliphatic rings. The number of hydrogen-bond donors (Lipinski definition) is 0. The molecule has 15 unspecified atom stereocenters. The highest BCUT2D eigenvalue weighted by Gasteiger charge is 2.72. The Morgan fingerprint density at radius 1 is 0.743 bits per heavy atom. The van der Waals surface area contributed by atoms with Gasteiger partial charge in [0.05, 0.1) is 0 Å². The van der Waals surface area contributed by atoms with Crippen molar-refractivity contribution in [2.45, 2.75) is 123 Å². The normalized spacial score (nSPS) is 59.0. The van der Waals surface area contributed by atoms with Crippen LogP contribution in [0.1, 0.15) is 123 Å². The van der Waals surface area contributed by atoms with Gasteiger partial charge in [-0.25, -0.2) is 0 Å². The molecule has 0 nitrogen and oxygen atoms in total. The molecular weight excluding hydrogens is 420 g/mol. The van der Waals surface area contributed by atoms with Gasteiger partial charge in [0.1, 0.15) is 0 Å². The lowest BCUT2D eigenvalue weighted by Crippen LogP contribution is -2.72. The molecule has 204 valence electrons. The Kier molecular flexibility index (Phi) is 6.80. The molecule has 0 heterocycles. The summed E-state index contributed by atoms with van der Waals surface area (Å²) in [5, 5.41) is 0. The first-order valence-electron chi connectivity index (χ1n) is 15.9. The van der Waals surface area contributed by atoms with Crippen molar-refractivity contribution in [1.29, 1.82) is 0 Å². The topological polar surface area (TPSA) is 0 Å². The zero-order valence-corrected chi connectivity index (χ0v) is 26.6. The largest absolute Gasteiger partial charge is 0.0625 e. The fourth-order valence-electron chi connectivity index (χ4n) is 13.7. The van der Waals surface area contributed by atoms with Gasteiger partial charge in [0.25, 0.3) is 0 Å². The van der Waals surface area contributed by atoms with Crippen molar-refractivity contribution in [3.05, 3.63) is 0 Å². The van der Waals surface area contributed by atoms with E-state index in [2.05, 4.69) is 104 Å². The van der Waals surface area contributed by atoms with Gasteiger partial charge in [-0.3, -0.25) is 0 Å². The highest BCUT2D eigenvalue weighted by molar-refractivity contribution is 5.20. The van der Waals surface area contributed by atoms with Crippen molar-refractivity contribution >= 4 is 0 Å². The molecule has 4 saturated carbocycles. The van der Waals surface area contributed by atoms with Crippen LogP contribution in [0.4, 0.5) is 0 Å². The Morgan fingerprint density at radius 2 is 1.31 bits per heavy atom. The Hall–Kier alpha value is 0. The number of hydrogen-bond acceptors (Lipinski definition) is 0. The third kappa shape index (κ3) is 3.41. The molecule has 0 saturated heterocycles. The third-order valence-electron chi connectivity index (χ3n) is 15.5. The first-order chi connectivity index (χ1) is 15.9. The van der Waals surface area contributed by atoms with Gasteiger partial charge in [-0.05, 0) is 118 Å². The number of fused-ring (bicyclic) bond motifs is 3. The monoisotopic (exact) mass is 485 g/mol. The highest BCUT2D eigenvalue weighted by atomic mass is 14.8. The van der Waals surface area contributed by atoms with Crippen LogP contribution in [0, 0.1) is 98.6 Å². The van der Waals surface area contributed by atoms with Gasteiger partial charge in [0.15, 0.2) is 0 Å². The maximum Gasteiger partial charge on any atom is -0.0212 e. The standard InChI is InChI=1S/C35H64/c1-19(2)29-20(3)18-33(13)26(9)34(14)23(6)27-16-17-28(32(10,11)12)21(4)30(27)22(5)31(34)25(8)35(33,15)24(29)7/h19-31H,16-18H2,1-15H3. The maximum atomic E-state index is 2.80. The molecule has 15 atom stereocenters. The third-order valence-corrected chi connectivity index (χ3v) is 15.5. The van der Waals surface area contributed by atoms with E-state index in [4.69, 9.17) is 0 Å². The van der Waals surface area contributed by atoms with Crippen LogP contribution in [-0.4, -0.2) is 0 Å². The van der Waals surface area contributed by atoms with Crippen LogP contribution in [-0.2, 0) is 0 Å². The molecule has 0 bridgehead atoms. The van der Waals surface area contributed by atoms with Gasteiger partial charge < -0.3 is 0 Å². The van der Waals surface area contributed by atoms with Gasteiger partial charge in [0.2, 0.25) is 0 Å². The van der Waals surface area contributed by atoms with Crippen molar-refractivity contribution in [2.24, 2.45) is 98.6 Å². The van der Waals surface area contributed by atoms with Gasteiger partial charge >= 0.3 is 0 Å². The SMILES string of the molecule is CC(C)C1C(C)CC2(C)C(C)C3(C)C(C)C4CCC(C(C)(C)C)C(C)C4C(C)C3C(C)C2(C)C1C. The zero-order valence-electron chi connectivity index (χ0n) is 26.6. The second kappa shape index (κ2) is 8.50. The summed E-state index contributed by atoms with van der Waals surface area (Å²) in [5.41, 5.74) is 1.73. The molecule has 0 aromatic rings. The van der Waals surface area contributed by atoms with Crippen LogP contribution in [0.15, 0.2) is 0 Å². The molecule has 0 spiro atoms. The maximum absolute atomic E-state index is 2.80. The smallest absolute Gasteiger partial charge is 0.0212 e. The van der Waals surface area contributed by atoms with E-state index in [1.807, 2.05) is 0 Å². The Morgan fingerprint density at radius 3 is 1.83 bits per heavy atom. The summed E-state index contributed by atoms with van der Waals surface area (Å²) >= 11 is 0. The van der Waals surface area contributed by atoms with E-state index in [9.17, 15) is 0 Å². The van der Waals surface area contributed by atoms with E-state index < -0.39 is 0 Å². The summed E-state index contributed by atoms with van der Waals surface area (Å²) in [6.07, 6.45) is 4.36. The van der Waals surface area contributed by atoms with Gasteiger partial charge in [0, 0.05) is 0 Å². The van der Waals surface area contributed by atoms with Crippen molar-refractivity contribution in [3.63, 3.8) is 0 Å². The summed E-state index contributed by atoms with van der Waals surface area (Å²) in [6.45, 7) is 39.8. The molecule has 4 fully saturated rings. The van der Waals surface area contributed by atoms with Crippen LogP contribution in [0.5, 0.6) is 0 Å². The molecule has 0 aromatic carbocycles. The van der Waals surface area contributed by atoms with Gasteiger partial charge in [-0.2, -0.15) is 0 Å². The van der Waals surface area contributed by atoms with Crippen molar-refractivity contribution < 1.29 is 0 Å². The molecule has 0 amide bonds. The molecule has 35 heavy (non-hydrogen) atoms. The second-order valence-corrected chi connectivity index (χ2v) is 17.2. The van der Waals surface area contributed by atoms with E-state index >= 15 is 0 Å². The summed E-state index contributed by atoms with van der Waals surface area (Å²) in [7, 11) is 0. The molecule has 0 radical (unpaired) electrons. The van der Waals surface area contributed by atoms with Crippen LogP contribution in [0.25, 0.3) is 0 Å². The zero-order chi connectivity index (χ0) is 26.6. The summed E-state index contributed by atoms with van der Waals surface area (Å²) < 4.78 is 0. The predicted octanol–water partition coefficient (Wildman–Crippen LogP) is 10.5. The molecule has 0 heteroatoms. The van der Waals surface area contributed by atoms with Gasteiger partial charge in [-0.1, -0.05) is 104 Å². The summed E-state index contributed by atoms with van der Waals surface area (Å²) in [5.74, 6) is 10.9. The fraction of sp³-hybridized carbons (Fsp3) is 1.00. The van der Waals surface area contributed by atoms with E-state index in [1.165, 1.54) is 19.3 Å². The van der Waals surface area contributed by atoms with Crippen LogP contribution in [0.2, 0.25) is 0 Å². The Balaban J connectivity index is 1.84. The quantitative estimate of drug-likeness (QED) is 0.347. The molecular formula is C35H64. The predicted molar refractivity (Wildman–Crippen MR) is 154 cm³/mol. The van der Waals surface area contributed by atoms with E-state index in [1.54, 1.807) is 0 Å². The first kappa shape index (κ1) is 28.0. The highest BCUT2D eigenvalue weighted by Crippen LogP contribution is 2.78. The van der Waals surface area contributed by atoms with Crippen LogP contribution >= 0.6 is 0 Å². The average Bonchev–Trinajstić information content (AvgIpc) is 2.73. The van der Waals surface area contributed by atoms with Crippen molar-refractivity contribution in [1.82, 2.24) is 0 Å². The molecule has 0 N–H and O–H groups in total. The summed E-state index contributed by atoms with van der Waals surface area (Å²) in [6, 6.07) is 0. The lowest BCUT2D eigenvalue weighted by molar-refractivity contribution is -0.292. The number of rotatable bonds is 1. The molecule has 4 aliphatic carbocycles. The van der Waals surface area contributed by atoms with Gasteiger partial charge in [-0.15, -0.1) is 0 Å². The Labute approximate surface area is 221 Å². The van der Waals surface area contributed by atoms with E-state index in [-0.39, 0.29) is 0 Å². The lowest BCUT2D eigenvalue weighted by Gasteiger charge is -2.77. The molecule has 4 rings (SSSR count). The summed E-state index contributed by atoms with van der Waals surface area (Å²) in [4.78, 5) is 0. The average molecular weight is 485 g/mol. The lowest BCUT2D eigenvalue weighted by atomic mass is 9.28. The minimum Gasteiger partial charge on any atom is -0.0625 e.